The first kappa shape index (κ1) is 17.4. The lowest BCUT2D eigenvalue weighted by Gasteiger charge is -2.04. The van der Waals surface area contributed by atoms with Gasteiger partial charge in [-0.1, -0.05) is 13.3 Å². The summed E-state index contributed by atoms with van der Waals surface area (Å²) in [6.45, 7) is 5.64. The van der Waals surface area contributed by atoms with Gasteiger partial charge in [-0.2, -0.15) is 0 Å². The molecule has 1 aromatic heterocycles. The fourth-order valence-electron chi connectivity index (χ4n) is 1.59. The number of rotatable bonds is 9. The highest BCUT2D eigenvalue weighted by molar-refractivity contribution is 7.15. The Balaban J connectivity index is 2.44. The van der Waals surface area contributed by atoms with Gasteiger partial charge in [0.25, 0.3) is 5.91 Å². The molecule has 1 rings (SSSR count). The molecule has 1 heterocycles. The summed E-state index contributed by atoms with van der Waals surface area (Å²) in [6, 6.07) is 1.76. The molecule has 0 radical (unpaired) electrons. The molecule has 0 fully saturated rings. The van der Waals surface area contributed by atoms with Crippen molar-refractivity contribution in [1.82, 2.24) is 5.32 Å². The number of unbranched alkanes of at least 4 members (excludes halogenated alkanes) is 1. The number of ether oxygens (including phenoxy) is 1. The van der Waals surface area contributed by atoms with Crippen LogP contribution in [0.25, 0.3) is 6.08 Å². The van der Waals surface area contributed by atoms with Gasteiger partial charge in [0, 0.05) is 24.1 Å². The van der Waals surface area contributed by atoms with Crippen LogP contribution in [-0.4, -0.2) is 36.7 Å². The minimum absolute atomic E-state index is 0.155. The first-order valence-electron chi connectivity index (χ1n) is 6.92. The number of carboxylic acids is 1. The van der Waals surface area contributed by atoms with Crippen LogP contribution in [0.5, 0.6) is 0 Å². The van der Waals surface area contributed by atoms with Gasteiger partial charge in [-0.25, -0.2) is 4.79 Å². The van der Waals surface area contributed by atoms with Gasteiger partial charge in [0.05, 0.1) is 11.5 Å². The van der Waals surface area contributed by atoms with E-state index in [0.717, 1.165) is 29.4 Å². The maximum atomic E-state index is 11.9. The lowest BCUT2D eigenvalue weighted by atomic mass is 10.2. The van der Waals surface area contributed by atoms with Gasteiger partial charge in [-0.05, 0) is 31.1 Å². The van der Waals surface area contributed by atoms with E-state index in [2.05, 4.69) is 12.2 Å². The molecule has 2 N–H and O–H groups in total. The molecule has 0 aliphatic rings. The number of aryl methyl sites for hydroxylation is 1. The fraction of sp³-hybridized carbons (Fsp3) is 0.467. The predicted octanol–water partition coefficient (Wildman–Crippen LogP) is 2.70. The number of aliphatic carboxylic acids is 1. The molecule has 0 saturated heterocycles. The van der Waals surface area contributed by atoms with Crippen molar-refractivity contribution < 1.29 is 19.4 Å². The summed E-state index contributed by atoms with van der Waals surface area (Å²) in [5.41, 5.74) is 0.891. The van der Waals surface area contributed by atoms with Gasteiger partial charge in [0.2, 0.25) is 0 Å². The monoisotopic (exact) mass is 311 g/mol. The maximum absolute atomic E-state index is 11.9. The Bertz CT molecular complexity index is 508. The number of hydrogen-bond donors (Lipinski definition) is 2. The van der Waals surface area contributed by atoms with Crippen LogP contribution >= 0.6 is 11.3 Å². The summed E-state index contributed by atoms with van der Waals surface area (Å²) in [6.07, 6.45) is 4.69. The van der Waals surface area contributed by atoms with Gasteiger partial charge < -0.3 is 15.2 Å². The summed E-state index contributed by atoms with van der Waals surface area (Å²) in [4.78, 5) is 23.8. The third kappa shape index (κ3) is 6.55. The molecule has 1 aromatic rings. The van der Waals surface area contributed by atoms with E-state index in [9.17, 15) is 9.59 Å². The zero-order chi connectivity index (χ0) is 15.7. The smallest absolute Gasteiger partial charge is 0.328 e. The first-order chi connectivity index (χ1) is 10.0. The van der Waals surface area contributed by atoms with E-state index in [-0.39, 0.29) is 5.91 Å². The largest absolute Gasteiger partial charge is 0.478 e. The molecule has 1 amide bonds. The third-order valence-corrected chi connectivity index (χ3v) is 3.93. The van der Waals surface area contributed by atoms with Crippen molar-refractivity contribution in [3.05, 3.63) is 27.5 Å². The van der Waals surface area contributed by atoms with Crippen LogP contribution in [0.2, 0.25) is 0 Å². The highest BCUT2D eigenvalue weighted by atomic mass is 32.1. The van der Waals surface area contributed by atoms with E-state index >= 15 is 0 Å². The normalized spacial score (nSPS) is 11.0. The Morgan fingerprint density at radius 2 is 2.19 bits per heavy atom. The van der Waals surface area contributed by atoms with Crippen LogP contribution in [0.15, 0.2) is 12.1 Å². The van der Waals surface area contributed by atoms with Crippen LogP contribution in [0.4, 0.5) is 0 Å². The highest BCUT2D eigenvalue weighted by Crippen LogP contribution is 2.23. The predicted molar refractivity (Wildman–Crippen MR) is 83.8 cm³/mol. The van der Waals surface area contributed by atoms with Gasteiger partial charge in [-0.15, -0.1) is 11.3 Å². The minimum Gasteiger partial charge on any atom is -0.478 e. The maximum Gasteiger partial charge on any atom is 0.328 e. The number of thiophene rings is 1. The van der Waals surface area contributed by atoms with E-state index in [0.29, 0.717) is 24.6 Å². The molecule has 0 spiro atoms. The topological polar surface area (TPSA) is 75.6 Å². The van der Waals surface area contributed by atoms with Crippen molar-refractivity contribution in [2.45, 2.75) is 26.7 Å². The standard InChI is InChI=1S/C15H21NO4S/c1-3-4-8-20-9-7-16-15(19)13-10-11(2)12(21-13)5-6-14(17)18/h5-6,10H,3-4,7-9H2,1-2H3,(H,16,19)(H,17,18)/b6-5+. The molecule has 0 aliphatic heterocycles. The Hall–Kier alpha value is -1.66. The average Bonchev–Trinajstić information content (AvgIpc) is 2.81. The SMILES string of the molecule is CCCCOCCNC(=O)c1cc(C)c(/C=C/C(=O)O)s1. The van der Waals surface area contributed by atoms with Crippen LogP contribution in [0, 0.1) is 6.92 Å². The lowest BCUT2D eigenvalue weighted by Crippen LogP contribution is -2.26. The zero-order valence-electron chi connectivity index (χ0n) is 12.3. The van der Waals surface area contributed by atoms with E-state index in [4.69, 9.17) is 9.84 Å². The van der Waals surface area contributed by atoms with Crippen molar-refractivity contribution >= 4 is 29.3 Å². The average molecular weight is 311 g/mol. The third-order valence-electron chi connectivity index (χ3n) is 2.73. The molecule has 21 heavy (non-hydrogen) atoms. The molecular weight excluding hydrogens is 290 g/mol. The molecule has 5 nitrogen and oxygen atoms in total. The molecule has 0 saturated carbocycles. The first-order valence-corrected chi connectivity index (χ1v) is 7.73. The summed E-state index contributed by atoms with van der Waals surface area (Å²) in [7, 11) is 0. The molecule has 6 heteroatoms. The van der Waals surface area contributed by atoms with Crippen LogP contribution in [-0.2, 0) is 9.53 Å². The molecule has 0 atom stereocenters. The van der Waals surface area contributed by atoms with Crippen LogP contribution < -0.4 is 5.32 Å². The number of nitrogens with one attached hydrogen (secondary N) is 1. The van der Waals surface area contributed by atoms with Crippen LogP contribution in [0.3, 0.4) is 0 Å². The van der Waals surface area contributed by atoms with Crippen molar-refractivity contribution in [2.24, 2.45) is 0 Å². The Morgan fingerprint density at radius 3 is 2.86 bits per heavy atom. The van der Waals surface area contributed by atoms with Gasteiger partial charge in [-0.3, -0.25) is 4.79 Å². The molecule has 0 aromatic carbocycles. The minimum atomic E-state index is -1.00. The van der Waals surface area contributed by atoms with E-state index < -0.39 is 5.97 Å². The highest BCUT2D eigenvalue weighted by Gasteiger charge is 2.10. The van der Waals surface area contributed by atoms with E-state index in [1.54, 1.807) is 6.07 Å². The van der Waals surface area contributed by atoms with E-state index in [1.807, 2.05) is 6.92 Å². The van der Waals surface area contributed by atoms with Crippen molar-refractivity contribution in [3.63, 3.8) is 0 Å². The van der Waals surface area contributed by atoms with Crippen LogP contribution in [0.1, 0.15) is 39.9 Å². The second-order valence-electron chi connectivity index (χ2n) is 4.55. The number of carboxylic acid groups (broad SMARTS) is 1. The van der Waals surface area contributed by atoms with Gasteiger partial charge in [0.15, 0.2) is 0 Å². The van der Waals surface area contributed by atoms with E-state index in [1.165, 1.54) is 17.4 Å². The Labute approximate surface area is 128 Å². The number of carbonyl (C=O) groups is 2. The fourth-order valence-corrected chi connectivity index (χ4v) is 2.59. The molecule has 0 unspecified atom stereocenters. The van der Waals surface area contributed by atoms with Gasteiger partial charge >= 0.3 is 5.97 Å². The molecular formula is C15H21NO4S. The van der Waals surface area contributed by atoms with Crippen molar-refractivity contribution in [3.8, 4) is 0 Å². The van der Waals surface area contributed by atoms with Crippen molar-refractivity contribution in [1.29, 1.82) is 0 Å². The molecule has 0 bridgehead atoms. The lowest BCUT2D eigenvalue weighted by molar-refractivity contribution is -0.131. The summed E-state index contributed by atoms with van der Waals surface area (Å²) < 4.78 is 5.37. The number of amides is 1. The van der Waals surface area contributed by atoms with Crippen molar-refractivity contribution in [2.75, 3.05) is 19.8 Å². The summed E-state index contributed by atoms with van der Waals surface area (Å²) in [5, 5.41) is 11.4. The molecule has 0 aliphatic carbocycles. The Kier molecular flexibility index (Phi) is 7.71. The second-order valence-corrected chi connectivity index (χ2v) is 5.64. The zero-order valence-corrected chi connectivity index (χ0v) is 13.2. The summed E-state index contributed by atoms with van der Waals surface area (Å²) >= 11 is 1.28. The number of carbonyl (C=O) groups excluding carboxylic acids is 1. The second kappa shape index (κ2) is 9.31. The van der Waals surface area contributed by atoms with Gasteiger partial charge in [0.1, 0.15) is 0 Å². The molecule has 116 valence electrons. The number of hydrogen-bond acceptors (Lipinski definition) is 4. The Morgan fingerprint density at radius 1 is 1.43 bits per heavy atom. The summed E-state index contributed by atoms with van der Waals surface area (Å²) in [5.74, 6) is -1.16. The quantitative estimate of drug-likeness (QED) is 0.543.